The molecule has 1 amide bonds. The van der Waals surface area contributed by atoms with Crippen LogP contribution in [0.15, 0.2) is 52.4 Å². The second-order valence-electron chi connectivity index (χ2n) is 5.99. The topological polar surface area (TPSA) is 116 Å². The predicted octanol–water partition coefficient (Wildman–Crippen LogP) is 3.11. The lowest BCUT2D eigenvalue weighted by Gasteiger charge is -2.07. The highest BCUT2D eigenvalue weighted by molar-refractivity contribution is 8.18. The van der Waals surface area contributed by atoms with Crippen LogP contribution in [-0.4, -0.2) is 52.3 Å². The number of phenols is 1. The average Bonchev–Trinajstić information content (AvgIpc) is 2.95. The van der Waals surface area contributed by atoms with Gasteiger partial charge in [0.2, 0.25) is 0 Å². The first-order chi connectivity index (χ1) is 13.8. The van der Waals surface area contributed by atoms with Gasteiger partial charge < -0.3 is 14.9 Å². The van der Waals surface area contributed by atoms with Gasteiger partial charge in [-0.25, -0.2) is 14.6 Å². The Morgan fingerprint density at radius 1 is 1.17 bits per heavy atom. The number of carbonyl (C=O) groups is 3. The Labute approximate surface area is 170 Å². The minimum atomic E-state index is -1.24. The molecule has 2 N–H and O–H groups in total. The Balaban J connectivity index is 1.84. The molecule has 148 valence electrons. The van der Waals surface area contributed by atoms with Crippen molar-refractivity contribution in [2.24, 2.45) is 4.99 Å². The van der Waals surface area contributed by atoms with Gasteiger partial charge in [0.15, 0.2) is 5.17 Å². The molecular formula is C20H16N2O6S. The molecule has 0 spiro atoms. The molecular weight excluding hydrogens is 396 g/mol. The highest BCUT2D eigenvalue weighted by Crippen LogP contribution is 2.34. The van der Waals surface area contributed by atoms with Crippen LogP contribution >= 0.6 is 11.8 Å². The maximum Gasteiger partial charge on any atom is 0.339 e. The van der Waals surface area contributed by atoms with Crippen molar-refractivity contribution in [2.45, 2.75) is 0 Å². The van der Waals surface area contributed by atoms with Crippen molar-refractivity contribution in [1.29, 1.82) is 0 Å². The third kappa shape index (κ3) is 4.30. The molecule has 0 bridgehead atoms. The lowest BCUT2D eigenvalue weighted by molar-refractivity contribution is -0.121. The summed E-state index contributed by atoms with van der Waals surface area (Å²) in [6.07, 6.45) is 1.68. The molecule has 8 nitrogen and oxygen atoms in total. The van der Waals surface area contributed by atoms with Gasteiger partial charge in [-0.1, -0.05) is 12.1 Å². The number of aromatic carboxylic acids is 1. The minimum Gasteiger partial charge on any atom is -0.507 e. The molecule has 1 aliphatic rings. The van der Waals surface area contributed by atoms with Crippen LogP contribution in [0.1, 0.15) is 26.3 Å². The first-order valence-corrected chi connectivity index (χ1v) is 9.13. The first kappa shape index (κ1) is 20.2. The summed E-state index contributed by atoms with van der Waals surface area (Å²) in [7, 11) is 2.87. The predicted molar refractivity (Wildman–Crippen MR) is 108 cm³/mol. The van der Waals surface area contributed by atoms with Crippen LogP contribution in [0.3, 0.4) is 0 Å². The lowest BCUT2D eigenvalue weighted by atomic mass is 10.1. The van der Waals surface area contributed by atoms with Crippen molar-refractivity contribution in [3.63, 3.8) is 0 Å². The molecule has 0 unspecified atom stereocenters. The molecule has 1 saturated heterocycles. The number of carboxylic acid groups (broad SMARTS) is 1. The fourth-order valence-electron chi connectivity index (χ4n) is 2.52. The molecule has 3 rings (SSSR count). The molecule has 0 atom stereocenters. The number of benzene rings is 2. The first-order valence-electron chi connectivity index (χ1n) is 8.31. The van der Waals surface area contributed by atoms with Crippen molar-refractivity contribution in [3.05, 3.63) is 64.1 Å². The number of ether oxygens (including phenoxy) is 1. The van der Waals surface area contributed by atoms with Crippen LogP contribution in [-0.2, 0) is 9.53 Å². The summed E-state index contributed by atoms with van der Waals surface area (Å²) in [5, 5.41) is 19.2. The molecule has 0 saturated carbocycles. The van der Waals surface area contributed by atoms with E-state index in [1.807, 2.05) is 0 Å². The number of carbonyl (C=O) groups excluding carboxylic acids is 2. The van der Waals surface area contributed by atoms with Crippen molar-refractivity contribution >= 4 is 46.5 Å². The van der Waals surface area contributed by atoms with Gasteiger partial charge in [0, 0.05) is 13.1 Å². The van der Waals surface area contributed by atoms with E-state index >= 15 is 0 Å². The number of carboxylic acids is 1. The standard InChI is InChI=1S/C20H16N2O6S/c1-22-17(24)16(9-11-3-5-12(6-4-11)19(27)28-2)29-20(22)21-13-7-8-14(18(25)26)15(23)10-13/h3-10,23H,1-2H3,(H,25,26)/b16-9-,21-20?. The number of amidine groups is 1. The minimum absolute atomic E-state index is 0.228. The summed E-state index contributed by atoms with van der Waals surface area (Å²) >= 11 is 1.15. The maximum atomic E-state index is 12.5. The van der Waals surface area contributed by atoms with E-state index < -0.39 is 17.7 Å². The summed E-state index contributed by atoms with van der Waals surface area (Å²) in [6.45, 7) is 0. The normalized spacial score (nSPS) is 16.5. The Morgan fingerprint density at radius 3 is 2.45 bits per heavy atom. The average molecular weight is 412 g/mol. The molecule has 29 heavy (non-hydrogen) atoms. The van der Waals surface area contributed by atoms with E-state index in [2.05, 4.69) is 9.73 Å². The zero-order valence-corrected chi connectivity index (χ0v) is 16.3. The van der Waals surface area contributed by atoms with Gasteiger partial charge in [-0.3, -0.25) is 9.69 Å². The number of esters is 1. The van der Waals surface area contributed by atoms with Gasteiger partial charge in [0.1, 0.15) is 11.3 Å². The molecule has 0 radical (unpaired) electrons. The fraction of sp³-hybridized carbons (Fsp3) is 0.100. The second kappa shape index (κ2) is 8.19. The van der Waals surface area contributed by atoms with E-state index in [-0.39, 0.29) is 11.5 Å². The number of rotatable bonds is 4. The fourth-order valence-corrected chi connectivity index (χ4v) is 3.50. The largest absolute Gasteiger partial charge is 0.507 e. The van der Waals surface area contributed by atoms with Gasteiger partial charge >= 0.3 is 11.9 Å². The van der Waals surface area contributed by atoms with Crippen molar-refractivity contribution in [1.82, 2.24) is 4.90 Å². The lowest BCUT2D eigenvalue weighted by Crippen LogP contribution is -2.23. The van der Waals surface area contributed by atoms with Crippen LogP contribution in [0.25, 0.3) is 6.08 Å². The third-order valence-corrected chi connectivity index (χ3v) is 5.13. The number of aromatic hydroxyl groups is 1. The molecule has 0 aromatic heterocycles. The van der Waals surface area contributed by atoms with Crippen LogP contribution < -0.4 is 0 Å². The number of thioether (sulfide) groups is 1. The molecule has 1 heterocycles. The zero-order chi connectivity index (χ0) is 21.1. The maximum absolute atomic E-state index is 12.5. The van der Waals surface area contributed by atoms with Crippen molar-refractivity contribution in [3.8, 4) is 5.75 Å². The van der Waals surface area contributed by atoms with E-state index in [0.717, 1.165) is 17.3 Å². The van der Waals surface area contributed by atoms with Gasteiger partial charge in [-0.2, -0.15) is 0 Å². The van der Waals surface area contributed by atoms with Crippen molar-refractivity contribution in [2.75, 3.05) is 14.2 Å². The van der Waals surface area contributed by atoms with E-state index in [0.29, 0.717) is 21.3 Å². The van der Waals surface area contributed by atoms with Crippen LogP contribution in [0.4, 0.5) is 5.69 Å². The quantitative estimate of drug-likeness (QED) is 0.585. The van der Waals surface area contributed by atoms with Crippen molar-refractivity contribution < 1.29 is 29.3 Å². The Morgan fingerprint density at radius 2 is 1.86 bits per heavy atom. The zero-order valence-electron chi connectivity index (χ0n) is 15.4. The number of hydrogen-bond acceptors (Lipinski definition) is 7. The van der Waals surface area contributed by atoms with Gasteiger partial charge in [-0.05, 0) is 47.7 Å². The van der Waals surface area contributed by atoms with E-state index in [1.165, 1.54) is 30.2 Å². The highest BCUT2D eigenvalue weighted by Gasteiger charge is 2.30. The molecule has 2 aromatic rings. The van der Waals surface area contributed by atoms with Gasteiger partial charge in [0.25, 0.3) is 5.91 Å². The molecule has 1 aliphatic heterocycles. The summed E-state index contributed by atoms with van der Waals surface area (Å²) in [4.78, 5) is 41.1. The van der Waals surface area contributed by atoms with Crippen LogP contribution in [0, 0.1) is 0 Å². The Bertz CT molecular complexity index is 1060. The summed E-state index contributed by atoms with van der Waals surface area (Å²) in [5.41, 5.74) is 1.22. The van der Waals surface area contributed by atoms with E-state index in [9.17, 15) is 19.5 Å². The molecule has 9 heteroatoms. The number of nitrogens with zero attached hydrogens (tertiary/aromatic N) is 2. The summed E-state index contributed by atoms with van der Waals surface area (Å²) < 4.78 is 4.65. The number of amides is 1. The van der Waals surface area contributed by atoms with Crippen LogP contribution in [0.5, 0.6) is 5.75 Å². The molecule has 2 aromatic carbocycles. The Hall–Kier alpha value is -3.59. The molecule has 1 fully saturated rings. The monoisotopic (exact) mass is 412 g/mol. The second-order valence-corrected chi connectivity index (χ2v) is 7.00. The van der Waals surface area contributed by atoms with Gasteiger partial charge in [0.05, 0.1) is 23.3 Å². The molecule has 0 aliphatic carbocycles. The number of aliphatic imine (C=N–C) groups is 1. The number of methoxy groups -OCH3 is 1. The van der Waals surface area contributed by atoms with E-state index in [4.69, 9.17) is 5.11 Å². The summed E-state index contributed by atoms with van der Waals surface area (Å²) in [6, 6.07) is 10.5. The SMILES string of the molecule is COC(=O)c1ccc(/C=C2\SC(=Nc3ccc(C(=O)O)c(O)c3)N(C)C2=O)cc1. The highest BCUT2D eigenvalue weighted by atomic mass is 32.2. The number of likely N-dealkylation sites (N-methyl/N-ethyl adjacent to an activating group) is 1. The smallest absolute Gasteiger partial charge is 0.339 e. The number of hydrogen-bond donors (Lipinski definition) is 2. The summed E-state index contributed by atoms with van der Waals surface area (Å²) in [5.74, 6) is -2.34. The van der Waals surface area contributed by atoms with Gasteiger partial charge in [-0.15, -0.1) is 0 Å². The van der Waals surface area contributed by atoms with Crippen LogP contribution in [0.2, 0.25) is 0 Å². The third-order valence-electron chi connectivity index (χ3n) is 4.07. The Kier molecular flexibility index (Phi) is 5.69. The van der Waals surface area contributed by atoms with E-state index in [1.54, 1.807) is 37.4 Å².